The second-order valence-electron chi connectivity index (χ2n) is 25.5. The standard InChI is InChI=1S/C22H28O2.C22H30O.C21H28O2/c1-4-21-13-14(3)20-17-9-7-16(23)12-15(17)6-8-18(20)19(21)10-11-22(21,24)5-2;1-4-21-14-15(3)20-17-9-7-6-8-16(17)10-11-18(20)19(21)12-13-22(21,23)5-2;1-3-20-11-9-17-16-8-6-15(22)13-14(16)5-7-18(17)19(20)10-12-21(20,23)4-2/h2,12,17-20,24H,3-4,6-11,13H2,1H3;2,8,17-20,23H,3-4,6-7,9-14H2,1H3;2,13,16-19,23H,3,5-12H2,1H3/t2*17-,18-,19-,20+,21-,22-;16-,17+,18+,19-,20-,21-/m000/s1. The average molecular weight is 947 g/mol. The number of carbonyl (C=O) groups is 2. The van der Waals surface area contributed by atoms with Crippen LogP contribution in [0.1, 0.15) is 188 Å². The molecule has 12 rings (SSSR count). The third-order valence-electron chi connectivity index (χ3n) is 24.0. The van der Waals surface area contributed by atoms with E-state index in [0.717, 1.165) is 121 Å². The molecule has 3 N–H and O–H groups in total. The SMILES string of the molecule is C#C[C@]1(O)CC[C@H]2[C@@H]3CCC4=CC(=O)CC[C@@H]4[C@H]3C(=C)C[C@@]21CC.C#C[C@]1(O)CC[C@H]2[C@@H]3CCC4=CC(=O)CC[C@@H]4[C@H]3CC[C@@]21CC.C#C[C@]1(O)CC[C@H]2[C@@H]3CCC4=CCCC[C@@H]4[C@H]3C(=C)C[C@@]21CC. The number of fused-ring (bicyclic) bond motifs is 15. The van der Waals surface area contributed by atoms with Crippen LogP contribution in [0.2, 0.25) is 0 Å². The van der Waals surface area contributed by atoms with Crippen molar-refractivity contribution in [2.75, 3.05) is 0 Å². The molecule has 0 aromatic heterocycles. The van der Waals surface area contributed by atoms with Crippen molar-refractivity contribution in [3.63, 3.8) is 0 Å². The summed E-state index contributed by atoms with van der Waals surface area (Å²) in [6, 6.07) is 0. The molecule has 0 saturated heterocycles. The van der Waals surface area contributed by atoms with E-state index in [-0.39, 0.29) is 16.2 Å². The summed E-state index contributed by atoms with van der Waals surface area (Å²) in [7, 11) is 0. The molecule has 9 saturated carbocycles. The molecule has 0 radical (unpaired) electrons. The predicted molar refractivity (Wildman–Crippen MR) is 280 cm³/mol. The topological polar surface area (TPSA) is 94.8 Å². The lowest BCUT2D eigenvalue weighted by atomic mass is 9.48. The van der Waals surface area contributed by atoms with Gasteiger partial charge in [-0.1, -0.05) is 85.6 Å². The van der Waals surface area contributed by atoms with E-state index in [0.29, 0.717) is 83.1 Å². The van der Waals surface area contributed by atoms with Crippen LogP contribution in [0.4, 0.5) is 0 Å². The van der Waals surface area contributed by atoms with Crippen LogP contribution in [0.15, 0.2) is 59.3 Å². The largest absolute Gasteiger partial charge is 0.377 e. The van der Waals surface area contributed by atoms with Crippen molar-refractivity contribution < 1.29 is 24.9 Å². The fourth-order valence-electron chi connectivity index (χ4n) is 20.9. The highest BCUT2D eigenvalue weighted by molar-refractivity contribution is 5.91. The first-order chi connectivity index (χ1) is 33.6. The normalized spacial score (nSPS) is 48.2. The molecule has 9 fully saturated rings. The molecule has 12 aliphatic rings. The van der Waals surface area contributed by atoms with Crippen molar-refractivity contribution in [2.45, 2.75) is 205 Å². The van der Waals surface area contributed by atoms with Crippen LogP contribution in [-0.4, -0.2) is 43.7 Å². The van der Waals surface area contributed by atoms with Crippen molar-refractivity contribution in [1.29, 1.82) is 0 Å². The highest BCUT2D eigenvalue weighted by Gasteiger charge is 2.67. The predicted octanol–water partition coefficient (Wildman–Crippen LogP) is 12.8. The minimum atomic E-state index is -0.973. The molecule has 0 aliphatic heterocycles. The first-order valence-electron chi connectivity index (χ1n) is 28.7. The molecule has 0 bridgehead atoms. The van der Waals surface area contributed by atoms with Crippen LogP contribution < -0.4 is 0 Å². The fraction of sp³-hybridized carbons (Fsp3) is 0.723. The second kappa shape index (κ2) is 18.5. The zero-order valence-electron chi connectivity index (χ0n) is 43.3. The van der Waals surface area contributed by atoms with Crippen molar-refractivity contribution in [3.8, 4) is 37.0 Å². The van der Waals surface area contributed by atoms with E-state index in [2.05, 4.69) is 57.8 Å². The maximum Gasteiger partial charge on any atom is 0.155 e. The molecule has 376 valence electrons. The third-order valence-corrected chi connectivity index (χ3v) is 24.0. The highest BCUT2D eigenvalue weighted by atomic mass is 16.3. The van der Waals surface area contributed by atoms with Crippen LogP contribution in [0, 0.1) is 124 Å². The van der Waals surface area contributed by atoms with E-state index in [1.54, 1.807) is 5.57 Å². The van der Waals surface area contributed by atoms with Gasteiger partial charge in [-0.25, -0.2) is 0 Å². The molecular weight excluding hydrogens is 861 g/mol. The summed E-state index contributed by atoms with van der Waals surface area (Å²) in [6.45, 7) is 15.6. The Morgan fingerprint density at radius 2 is 0.943 bits per heavy atom. The van der Waals surface area contributed by atoms with Gasteiger partial charge in [0.1, 0.15) is 16.8 Å². The van der Waals surface area contributed by atoms with E-state index < -0.39 is 16.8 Å². The molecule has 5 nitrogen and oxygen atoms in total. The maximum atomic E-state index is 11.8. The van der Waals surface area contributed by atoms with Crippen molar-refractivity contribution in [2.24, 2.45) is 87.3 Å². The smallest absolute Gasteiger partial charge is 0.155 e. The maximum absolute atomic E-state index is 11.8. The van der Waals surface area contributed by atoms with E-state index in [1.165, 1.54) is 67.2 Å². The van der Waals surface area contributed by atoms with Crippen LogP contribution in [-0.2, 0) is 9.59 Å². The molecule has 0 heterocycles. The van der Waals surface area contributed by atoms with Crippen LogP contribution in [0.3, 0.4) is 0 Å². The summed E-state index contributed by atoms with van der Waals surface area (Å²) in [6.07, 6.45) is 50.6. The van der Waals surface area contributed by atoms with Gasteiger partial charge in [-0.2, -0.15) is 0 Å². The highest BCUT2D eigenvalue weighted by Crippen LogP contribution is 2.70. The molecule has 0 aromatic carbocycles. The van der Waals surface area contributed by atoms with Gasteiger partial charge in [0.25, 0.3) is 0 Å². The number of ketones is 2. The third kappa shape index (κ3) is 7.27. The van der Waals surface area contributed by atoms with Gasteiger partial charge < -0.3 is 15.3 Å². The summed E-state index contributed by atoms with van der Waals surface area (Å²) in [5.74, 6) is 16.3. The van der Waals surface area contributed by atoms with Gasteiger partial charge in [0.2, 0.25) is 0 Å². The van der Waals surface area contributed by atoms with Gasteiger partial charge >= 0.3 is 0 Å². The number of terminal acetylenes is 3. The number of aliphatic hydroxyl groups is 3. The number of hydrogen-bond acceptors (Lipinski definition) is 5. The molecule has 18 atom stereocenters. The lowest BCUT2D eigenvalue weighted by Gasteiger charge is -2.56. The Morgan fingerprint density at radius 3 is 1.44 bits per heavy atom. The number of carbonyl (C=O) groups excluding carboxylic acids is 2. The van der Waals surface area contributed by atoms with E-state index in [9.17, 15) is 24.9 Å². The molecule has 12 aliphatic carbocycles. The van der Waals surface area contributed by atoms with E-state index >= 15 is 0 Å². The molecule has 5 heteroatoms. The Balaban J connectivity index is 0.000000122. The molecule has 0 aromatic rings. The minimum Gasteiger partial charge on any atom is -0.377 e. The van der Waals surface area contributed by atoms with Crippen LogP contribution in [0.25, 0.3) is 0 Å². The Morgan fingerprint density at radius 1 is 0.514 bits per heavy atom. The fourth-order valence-corrected chi connectivity index (χ4v) is 20.9. The Bertz CT molecular complexity index is 2380. The quantitative estimate of drug-likeness (QED) is 0.194. The molecule has 0 spiro atoms. The summed E-state index contributed by atoms with van der Waals surface area (Å²) < 4.78 is 0. The first-order valence-corrected chi connectivity index (χ1v) is 28.7. The van der Waals surface area contributed by atoms with Gasteiger partial charge in [-0.15, -0.1) is 19.3 Å². The van der Waals surface area contributed by atoms with Gasteiger partial charge in [-0.05, 0) is 237 Å². The zero-order chi connectivity index (χ0) is 49.6. The van der Waals surface area contributed by atoms with Crippen LogP contribution in [0.5, 0.6) is 0 Å². The Hall–Kier alpha value is -3.40. The monoisotopic (exact) mass is 947 g/mol. The Kier molecular flexibility index (Phi) is 13.3. The molecule has 0 amide bonds. The summed E-state index contributed by atoms with van der Waals surface area (Å²) in [5.41, 5.74) is 4.03. The molecule has 70 heavy (non-hydrogen) atoms. The first kappa shape index (κ1) is 50.1. The number of allylic oxidation sites excluding steroid dienone is 6. The minimum absolute atomic E-state index is 0.0609. The van der Waals surface area contributed by atoms with E-state index in [1.807, 2.05) is 12.2 Å². The second-order valence-corrected chi connectivity index (χ2v) is 25.5. The lowest BCUT2D eigenvalue weighted by Crippen LogP contribution is -2.54. The van der Waals surface area contributed by atoms with Gasteiger partial charge in [0.15, 0.2) is 11.6 Å². The summed E-state index contributed by atoms with van der Waals surface area (Å²) in [5, 5.41) is 33.5. The van der Waals surface area contributed by atoms with Gasteiger partial charge in [0.05, 0.1) is 0 Å². The van der Waals surface area contributed by atoms with Crippen molar-refractivity contribution in [3.05, 3.63) is 59.3 Å². The van der Waals surface area contributed by atoms with Gasteiger partial charge in [-0.3, -0.25) is 9.59 Å². The Labute approximate surface area is 422 Å². The molecule has 0 unspecified atom stereocenters. The number of hydrogen-bond donors (Lipinski definition) is 3. The van der Waals surface area contributed by atoms with Crippen molar-refractivity contribution >= 4 is 11.6 Å². The zero-order valence-corrected chi connectivity index (χ0v) is 43.3. The van der Waals surface area contributed by atoms with E-state index in [4.69, 9.17) is 19.3 Å². The summed E-state index contributed by atoms with van der Waals surface area (Å²) in [4.78, 5) is 23.6. The lowest BCUT2D eigenvalue weighted by molar-refractivity contribution is -0.117. The average Bonchev–Trinajstić information content (AvgIpc) is 3.98. The van der Waals surface area contributed by atoms with Crippen LogP contribution >= 0.6 is 0 Å². The van der Waals surface area contributed by atoms with Crippen molar-refractivity contribution in [1.82, 2.24) is 0 Å². The number of rotatable bonds is 3. The van der Waals surface area contributed by atoms with Gasteiger partial charge in [0, 0.05) is 29.1 Å². The molecular formula is C65H86O5. The summed E-state index contributed by atoms with van der Waals surface area (Å²) >= 11 is 0.